The van der Waals surface area contributed by atoms with Gasteiger partial charge in [-0.05, 0) is 12.5 Å². The molecule has 0 aliphatic heterocycles. The molecule has 0 heterocycles. The summed E-state index contributed by atoms with van der Waals surface area (Å²) in [7, 11) is -3.53. The minimum atomic E-state index is -3.53. The minimum absolute atomic E-state index is 0.123. The van der Waals surface area contributed by atoms with Gasteiger partial charge in [0.15, 0.2) is 0 Å². The van der Waals surface area contributed by atoms with Crippen molar-refractivity contribution in [2.45, 2.75) is 6.92 Å². The Kier molecular flexibility index (Phi) is 3.80. The summed E-state index contributed by atoms with van der Waals surface area (Å²) in [4.78, 5) is 0. The number of hydrogen-bond donors (Lipinski definition) is 3. The number of rotatable bonds is 4. The maximum Gasteiger partial charge on any atom is 0.274 e. The summed E-state index contributed by atoms with van der Waals surface area (Å²) in [6.07, 6.45) is 0. The maximum atomic E-state index is 10.3. The molecule has 0 rings (SSSR count). The van der Waals surface area contributed by atoms with Gasteiger partial charge in [-0.3, -0.25) is 0 Å². The second-order valence-corrected chi connectivity index (χ2v) is 3.61. The van der Waals surface area contributed by atoms with Crippen LogP contribution in [0.3, 0.4) is 0 Å². The number of nitrogens with two attached hydrogens (primary N) is 2. The lowest BCUT2D eigenvalue weighted by molar-refractivity contribution is 0.546. The lowest BCUT2D eigenvalue weighted by Crippen LogP contribution is -2.35. The van der Waals surface area contributed by atoms with Gasteiger partial charge in [-0.1, -0.05) is 6.92 Å². The zero-order valence-corrected chi connectivity index (χ0v) is 6.69. The largest absolute Gasteiger partial charge is 0.330 e. The van der Waals surface area contributed by atoms with Crippen LogP contribution < -0.4 is 15.6 Å². The van der Waals surface area contributed by atoms with Gasteiger partial charge in [-0.2, -0.15) is 8.42 Å². The van der Waals surface area contributed by atoms with E-state index < -0.39 is 10.2 Å². The smallest absolute Gasteiger partial charge is 0.274 e. The van der Waals surface area contributed by atoms with Crippen LogP contribution in [0, 0.1) is 5.92 Å². The third-order valence-corrected chi connectivity index (χ3v) is 1.60. The average molecular weight is 167 g/mol. The molecule has 0 aromatic rings. The summed E-state index contributed by atoms with van der Waals surface area (Å²) in [5.41, 5.74) is 5.23. The Hall–Kier alpha value is -0.170. The Labute approximate surface area is 61.0 Å². The minimum Gasteiger partial charge on any atom is -0.330 e. The van der Waals surface area contributed by atoms with E-state index in [0.29, 0.717) is 13.1 Å². The van der Waals surface area contributed by atoms with E-state index in [1.807, 2.05) is 6.92 Å². The van der Waals surface area contributed by atoms with Gasteiger partial charge in [0.05, 0.1) is 0 Å². The molecule has 0 spiro atoms. The summed E-state index contributed by atoms with van der Waals surface area (Å²) in [6.45, 7) is 2.58. The van der Waals surface area contributed by atoms with E-state index in [-0.39, 0.29) is 5.92 Å². The van der Waals surface area contributed by atoms with Crippen LogP contribution in [0.5, 0.6) is 0 Å². The average Bonchev–Trinajstić information content (AvgIpc) is 1.81. The van der Waals surface area contributed by atoms with Crippen LogP contribution in [0.15, 0.2) is 0 Å². The predicted molar refractivity (Wildman–Crippen MR) is 39.3 cm³/mol. The van der Waals surface area contributed by atoms with Crippen molar-refractivity contribution in [3.05, 3.63) is 0 Å². The van der Waals surface area contributed by atoms with Crippen molar-refractivity contribution >= 4 is 10.2 Å². The third-order valence-electron chi connectivity index (χ3n) is 1.04. The molecule has 0 saturated heterocycles. The van der Waals surface area contributed by atoms with Crippen LogP contribution >= 0.6 is 0 Å². The first-order valence-electron chi connectivity index (χ1n) is 2.93. The molecule has 0 amide bonds. The first kappa shape index (κ1) is 9.83. The van der Waals surface area contributed by atoms with Crippen molar-refractivity contribution in [1.29, 1.82) is 0 Å². The molecule has 0 aliphatic carbocycles. The van der Waals surface area contributed by atoms with Gasteiger partial charge < -0.3 is 5.73 Å². The van der Waals surface area contributed by atoms with Crippen LogP contribution in [-0.2, 0) is 10.2 Å². The molecule has 1 atom stereocenters. The summed E-state index contributed by atoms with van der Waals surface area (Å²) in [5, 5.41) is 4.66. The SMILES string of the molecule is CC(CN)CNS(N)(=O)=O. The zero-order valence-electron chi connectivity index (χ0n) is 5.87. The van der Waals surface area contributed by atoms with Gasteiger partial charge in [-0.15, -0.1) is 0 Å². The van der Waals surface area contributed by atoms with Crippen LogP contribution in [0.2, 0.25) is 0 Å². The predicted octanol–water partition coefficient (Wildman–Crippen LogP) is -1.63. The van der Waals surface area contributed by atoms with Gasteiger partial charge >= 0.3 is 0 Å². The summed E-state index contributed by atoms with van der Waals surface area (Å²) >= 11 is 0. The van der Waals surface area contributed by atoms with E-state index in [1.165, 1.54) is 0 Å². The molecule has 5 N–H and O–H groups in total. The Morgan fingerprint density at radius 1 is 1.60 bits per heavy atom. The molecular formula is C4H13N3O2S. The fourth-order valence-electron chi connectivity index (χ4n) is 0.342. The van der Waals surface area contributed by atoms with Gasteiger partial charge in [-0.25, -0.2) is 9.86 Å². The zero-order chi connectivity index (χ0) is 8.20. The van der Waals surface area contributed by atoms with E-state index in [0.717, 1.165) is 0 Å². The molecular weight excluding hydrogens is 154 g/mol. The monoisotopic (exact) mass is 167 g/mol. The Morgan fingerprint density at radius 2 is 2.10 bits per heavy atom. The molecule has 10 heavy (non-hydrogen) atoms. The second kappa shape index (κ2) is 3.87. The van der Waals surface area contributed by atoms with Gasteiger partial charge in [0, 0.05) is 6.54 Å². The molecule has 0 saturated carbocycles. The lowest BCUT2D eigenvalue weighted by atomic mass is 10.2. The van der Waals surface area contributed by atoms with E-state index in [2.05, 4.69) is 9.86 Å². The Balaban J connectivity index is 3.56. The van der Waals surface area contributed by atoms with Gasteiger partial charge in [0.2, 0.25) is 0 Å². The third kappa shape index (κ3) is 5.96. The van der Waals surface area contributed by atoms with Crippen molar-refractivity contribution < 1.29 is 8.42 Å². The summed E-state index contributed by atoms with van der Waals surface area (Å²) in [6, 6.07) is 0. The Morgan fingerprint density at radius 3 is 2.40 bits per heavy atom. The first-order chi connectivity index (χ1) is 4.45. The number of nitrogens with one attached hydrogen (secondary N) is 1. The fourth-order valence-corrected chi connectivity index (χ4v) is 0.859. The highest BCUT2D eigenvalue weighted by atomic mass is 32.2. The molecule has 0 bridgehead atoms. The van der Waals surface area contributed by atoms with Crippen molar-refractivity contribution in [3.8, 4) is 0 Å². The quantitative estimate of drug-likeness (QED) is 0.469. The van der Waals surface area contributed by atoms with Crippen molar-refractivity contribution in [1.82, 2.24) is 4.72 Å². The fraction of sp³-hybridized carbons (Fsp3) is 1.00. The van der Waals surface area contributed by atoms with Crippen LogP contribution in [0.4, 0.5) is 0 Å². The van der Waals surface area contributed by atoms with Crippen LogP contribution in [-0.4, -0.2) is 21.5 Å². The molecule has 62 valence electrons. The second-order valence-electron chi connectivity index (χ2n) is 2.23. The Bertz CT molecular complexity index is 177. The maximum absolute atomic E-state index is 10.3. The standard InChI is InChI=1S/C4H13N3O2S/c1-4(2-5)3-7-10(6,8)9/h4,7H,2-3,5H2,1H3,(H2,6,8,9). The van der Waals surface area contributed by atoms with Crippen molar-refractivity contribution in [2.24, 2.45) is 16.8 Å². The molecule has 0 radical (unpaired) electrons. The number of hydrogen-bond acceptors (Lipinski definition) is 3. The van der Waals surface area contributed by atoms with E-state index in [9.17, 15) is 8.42 Å². The molecule has 0 aromatic heterocycles. The molecule has 6 heteroatoms. The van der Waals surface area contributed by atoms with Gasteiger partial charge in [0.1, 0.15) is 0 Å². The molecule has 5 nitrogen and oxygen atoms in total. The topological polar surface area (TPSA) is 98.2 Å². The van der Waals surface area contributed by atoms with Crippen molar-refractivity contribution in [3.63, 3.8) is 0 Å². The highest BCUT2D eigenvalue weighted by Gasteiger charge is 2.03. The molecule has 0 aromatic carbocycles. The summed E-state index contributed by atoms with van der Waals surface area (Å²) < 4.78 is 22.7. The van der Waals surface area contributed by atoms with Crippen LogP contribution in [0.1, 0.15) is 6.92 Å². The van der Waals surface area contributed by atoms with Crippen molar-refractivity contribution in [2.75, 3.05) is 13.1 Å². The van der Waals surface area contributed by atoms with Crippen LogP contribution in [0.25, 0.3) is 0 Å². The molecule has 0 aliphatic rings. The highest BCUT2D eigenvalue weighted by Crippen LogP contribution is 1.86. The highest BCUT2D eigenvalue weighted by molar-refractivity contribution is 7.87. The van der Waals surface area contributed by atoms with E-state index >= 15 is 0 Å². The normalized spacial score (nSPS) is 15.1. The first-order valence-corrected chi connectivity index (χ1v) is 4.48. The van der Waals surface area contributed by atoms with E-state index in [4.69, 9.17) is 5.73 Å². The summed E-state index contributed by atoms with van der Waals surface area (Å²) in [5.74, 6) is 0.123. The molecule has 1 unspecified atom stereocenters. The lowest BCUT2D eigenvalue weighted by Gasteiger charge is -2.06. The molecule has 0 fully saturated rings. The van der Waals surface area contributed by atoms with E-state index in [1.54, 1.807) is 0 Å². The van der Waals surface area contributed by atoms with Gasteiger partial charge in [0.25, 0.3) is 10.2 Å².